The lowest BCUT2D eigenvalue weighted by Crippen LogP contribution is -2.42. The van der Waals surface area contributed by atoms with Gasteiger partial charge in [0.05, 0.1) is 11.1 Å². The van der Waals surface area contributed by atoms with Crippen molar-refractivity contribution in [3.8, 4) is 0 Å². The molecule has 0 saturated heterocycles. The van der Waals surface area contributed by atoms with E-state index in [-0.39, 0.29) is 0 Å². The predicted molar refractivity (Wildman–Crippen MR) is 255 cm³/mol. The molecule has 0 aromatic heterocycles. The standard InChI is InChI=1S/C21H39N3S2.C20H36N2S2.CH3I/c1-25-20(23-18-12-6-3-7-13-18)16-10-5-11-17-22-21(26-2)24-19-14-8-4-9-15-19;23-19(16-17-10-4-1-5-11-17)14-8-3-9-15-21-20(24)22-18-12-6-2-7-13-18;1-2/h18-19H,3-17H2,1-2H3,(H,22,24);17-18H,1-16H2,(H2,21,22,24);1H3. The Morgan fingerprint density at radius 3 is 1.75 bits per heavy atom. The van der Waals surface area contributed by atoms with Crippen LogP contribution in [0, 0.1) is 5.92 Å². The van der Waals surface area contributed by atoms with Gasteiger partial charge in [-0.3, -0.25) is 9.98 Å². The number of nitrogens with one attached hydrogen (secondary N) is 3. The number of amidine groups is 1. The molecule has 4 aliphatic carbocycles. The lowest BCUT2D eigenvalue weighted by atomic mass is 9.85. The number of rotatable bonds is 17. The van der Waals surface area contributed by atoms with E-state index in [2.05, 4.69) is 51.1 Å². The molecule has 4 saturated carbocycles. The molecular weight excluding hydrogens is 830 g/mol. The molecule has 0 aromatic carbocycles. The van der Waals surface area contributed by atoms with Crippen molar-refractivity contribution in [2.24, 2.45) is 15.9 Å². The lowest BCUT2D eigenvalue weighted by Gasteiger charge is -2.24. The van der Waals surface area contributed by atoms with Crippen LogP contribution in [0.5, 0.6) is 0 Å². The number of thioether (sulfide) groups is 2. The normalized spacial score (nSPS) is 19.8. The second kappa shape index (κ2) is 33.5. The predicted octanol–water partition coefficient (Wildman–Crippen LogP) is 13.0. The summed E-state index contributed by atoms with van der Waals surface area (Å²) in [5.74, 6) is 0.899. The van der Waals surface area contributed by atoms with Crippen LogP contribution in [0.4, 0.5) is 0 Å². The van der Waals surface area contributed by atoms with Crippen molar-refractivity contribution < 1.29 is 0 Å². The summed E-state index contributed by atoms with van der Waals surface area (Å²) in [5.41, 5.74) is 0. The molecule has 4 aliphatic rings. The van der Waals surface area contributed by atoms with Crippen molar-refractivity contribution in [3.05, 3.63) is 0 Å². The average molecular weight is 908 g/mol. The minimum absolute atomic E-state index is 0.607. The molecule has 4 fully saturated rings. The van der Waals surface area contributed by atoms with Crippen molar-refractivity contribution in [1.82, 2.24) is 16.0 Å². The Morgan fingerprint density at radius 1 is 0.615 bits per heavy atom. The number of thiocarbonyl (C=S) groups is 2. The maximum Gasteiger partial charge on any atom is 0.166 e. The van der Waals surface area contributed by atoms with E-state index in [4.69, 9.17) is 34.4 Å². The van der Waals surface area contributed by atoms with Crippen molar-refractivity contribution in [2.75, 3.05) is 30.5 Å². The fourth-order valence-corrected chi connectivity index (χ4v) is 9.85. The van der Waals surface area contributed by atoms with Crippen LogP contribution in [0.2, 0.25) is 0 Å². The molecule has 0 amide bonds. The van der Waals surface area contributed by atoms with E-state index in [1.165, 1.54) is 183 Å². The molecule has 0 unspecified atom stereocenters. The number of aliphatic imine (C=N–C) groups is 2. The average Bonchev–Trinajstić information content (AvgIpc) is 3.19. The molecule has 302 valence electrons. The summed E-state index contributed by atoms with van der Waals surface area (Å²) in [6.45, 7) is 1.96. The summed E-state index contributed by atoms with van der Waals surface area (Å²) in [6, 6.07) is 1.89. The summed E-state index contributed by atoms with van der Waals surface area (Å²) >= 11 is 16.8. The Labute approximate surface area is 354 Å². The Bertz CT molecular complexity index is 920. The highest BCUT2D eigenvalue weighted by Crippen LogP contribution is 2.28. The topological polar surface area (TPSA) is 60.8 Å². The van der Waals surface area contributed by atoms with Gasteiger partial charge < -0.3 is 16.0 Å². The van der Waals surface area contributed by atoms with Crippen LogP contribution >= 0.6 is 70.6 Å². The third-order valence-corrected chi connectivity index (χ3v) is 13.2. The van der Waals surface area contributed by atoms with E-state index in [0.29, 0.717) is 18.1 Å². The van der Waals surface area contributed by atoms with Gasteiger partial charge in [0.25, 0.3) is 0 Å². The second-order valence-corrected chi connectivity index (χ2v) is 18.2. The number of hydrogen-bond acceptors (Lipinski definition) is 6. The van der Waals surface area contributed by atoms with Crippen LogP contribution in [0.1, 0.15) is 186 Å². The number of unbranched alkanes of at least 4 members (excludes halogenated alkanes) is 4. The van der Waals surface area contributed by atoms with Crippen molar-refractivity contribution in [1.29, 1.82) is 0 Å². The highest BCUT2D eigenvalue weighted by atomic mass is 127. The molecule has 0 aliphatic heterocycles. The summed E-state index contributed by atoms with van der Waals surface area (Å²) in [5, 5.41) is 13.9. The number of alkyl halides is 1. The zero-order valence-corrected chi connectivity index (χ0v) is 39.1. The van der Waals surface area contributed by atoms with Crippen LogP contribution in [-0.4, -0.2) is 68.8 Å². The summed E-state index contributed by atoms with van der Waals surface area (Å²) < 4.78 is 0. The quantitative estimate of drug-likeness (QED) is 0.0336. The molecule has 0 bridgehead atoms. The van der Waals surface area contributed by atoms with E-state index in [0.717, 1.165) is 42.1 Å². The Kier molecular flexibility index (Phi) is 31.2. The second-order valence-electron chi connectivity index (χ2n) is 15.5. The number of hydrogen-bond donors (Lipinski definition) is 3. The molecular formula is C42H78IN5S4. The van der Waals surface area contributed by atoms with Gasteiger partial charge in [-0.2, -0.15) is 0 Å². The minimum Gasteiger partial charge on any atom is -0.363 e. The van der Waals surface area contributed by atoms with Gasteiger partial charge in [-0.1, -0.05) is 149 Å². The summed E-state index contributed by atoms with van der Waals surface area (Å²) in [4.78, 5) is 13.1. The SMILES string of the molecule is CI.CSC(CCCCCN=C(NC1CCCCC1)SC)=NC1CCCCC1.S=C(CCCCCNC(=S)NC1CCCCC1)CC1CCCCC1. The van der Waals surface area contributed by atoms with Crippen LogP contribution in [-0.2, 0) is 0 Å². The number of nitrogens with zero attached hydrogens (tertiary/aromatic N) is 2. The summed E-state index contributed by atoms with van der Waals surface area (Å²) in [7, 11) is 0. The first-order valence-electron chi connectivity index (χ1n) is 21.4. The maximum absolute atomic E-state index is 5.60. The molecule has 4 rings (SSSR count). The van der Waals surface area contributed by atoms with Gasteiger partial charge in [-0.15, -0.1) is 11.8 Å². The van der Waals surface area contributed by atoms with Crippen LogP contribution < -0.4 is 16.0 Å². The van der Waals surface area contributed by atoms with Gasteiger partial charge >= 0.3 is 0 Å². The van der Waals surface area contributed by atoms with E-state index in [1.807, 2.05) is 16.7 Å². The van der Waals surface area contributed by atoms with Crippen LogP contribution in [0.15, 0.2) is 9.98 Å². The Balaban J connectivity index is 0.000000345. The van der Waals surface area contributed by atoms with Gasteiger partial charge in [-0.05, 0) is 124 Å². The first-order valence-corrected chi connectivity index (χ1v) is 26.9. The van der Waals surface area contributed by atoms with Gasteiger partial charge in [0, 0.05) is 25.2 Å². The van der Waals surface area contributed by atoms with Gasteiger partial charge in [-0.25, -0.2) is 0 Å². The van der Waals surface area contributed by atoms with Crippen LogP contribution in [0.25, 0.3) is 0 Å². The van der Waals surface area contributed by atoms with Gasteiger partial charge in [0.2, 0.25) is 0 Å². The van der Waals surface area contributed by atoms with E-state index in [1.54, 1.807) is 11.8 Å². The van der Waals surface area contributed by atoms with E-state index < -0.39 is 0 Å². The lowest BCUT2D eigenvalue weighted by molar-refractivity contribution is 0.368. The van der Waals surface area contributed by atoms with E-state index in [9.17, 15) is 0 Å². The maximum atomic E-state index is 5.60. The fourth-order valence-electron chi connectivity index (χ4n) is 8.09. The van der Waals surface area contributed by atoms with Gasteiger partial charge in [0.1, 0.15) is 0 Å². The molecule has 52 heavy (non-hydrogen) atoms. The molecule has 0 atom stereocenters. The molecule has 5 nitrogen and oxygen atoms in total. The minimum atomic E-state index is 0.607. The molecule has 0 radical (unpaired) electrons. The van der Waals surface area contributed by atoms with Crippen LogP contribution in [0.3, 0.4) is 0 Å². The Hall–Kier alpha value is 0.350. The van der Waals surface area contributed by atoms with Crippen molar-refractivity contribution in [2.45, 2.75) is 204 Å². The van der Waals surface area contributed by atoms with Crippen molar-refractivity contribution >= 4 is 90.7 Å². The molecule has 0 heterocycles. The highest BCUT2D eigenvalue weighted by Gasteiger charge is 2.17. The smallest absolute Gasteiger partial charge is 0.166 e. The van der Waals surface area contributed by atoms with Crippen molar-refractivity contribution in [3.63, 3.8) is 0 Å². The molecule has 0 spiro atoms. The van der Waals surface area contributed by atoms with E-state index >= 15 is 0 Å². The van der Waals surface area contributed by atoms with Gasteiger partial charge in [0.15, 0.2) is 10.3 Å². The fraction of sp³-hybridized carbons (Fsp3) is 0.905. The first kappa shape index (κ1) is 48.5. The highest BCUT2D eigenvalue weighted by molar-refractivity contribution is 14.1. The summed E-state index contributed by atoms with van der Waals surface area (Å²) in [6.07, 6.45) is 42.6. The molecule has 0 aromatic rings. The zero-order chi connectivity index (χ0) is 37.5. The third-order valence-electron chi connectivity index (χ3n) is 11.2. The third kappa shape index (κ3) is 24.8. The molecule has 3 N–H and O–H groups in total. The Morgan fingerprint density at radius 2 is 1.15 bits per heavy atom. The monoisotopic (exact) mass is 907 g/mol. The molecule has 10 heteroatoms. The largest absolute Gasteiger partial charge is 0.363 e. The number of halogens is 1. The first-order chi connectivity index (χ1) is 25.6. The zero-order valence-electron chi connectivity index (χ0n) is 33.6.